The minimum atomic E-state index is -0.0987. The molecular weight excluding hydrogens is 343 g/mol. The van der Waals surface area contributed by atoms with Gasteiger partial charge in [0.25, 0.3) is 5.91 Å². The monoisotopic (exact) mass is 364 g/mol. The Kier molecular flexibility index (Phi) is 7.10. The quantitative estimate of drug-likeness (QED) is 0.854. The van der Waals surface area contributed by atoms with Gasteiger partial charge in [-0.1, -0.05) is 48.0 Å². The summed E-state index contributed by atoms with van der Waals surface area (Å²) >= 11 is 6.23. The Morgan fingerprint density at radius 3 is 2.67 bits per heavy atom. The van der Waals surface area contributed by atoms with E-state index < -0.39 is 0 Å². The molecule has 1 aliphatic rings. The van der Waals surface area contributed by atoms with E-state index in [2.05, 4.69) is 10.6 Å². The van der Waals surface area contributed by atoms with Crippen molar-refractivity contribution in [1.82, 2.24) is 10.6 Å². The first-order chi connectivity index (χ1) is 11.2. The predicted molar refractivity (Wildman–Crippen MR) is 102 cm³/mol. The molecule has 0 aliphatic carbocycles. The first kappa shape index (κ1) is 18.8. The molecule has 0 saturated carbocycles. The van der Waals surface area contributed by atoms with Crippen LogP contribution in [0, 0.1) is 5.92 Å². The molecular formula is C19H22Cl2N2O. The normalized spacial score (nSPS) is 17.0. The lowest BCUT2D eigenvalue weighted by molar-refractivity contribution is 0.0945. The molecule has 2 aromatic rings. The third-order valence-electron chi connectivity index (χ3n) is 4.27. The molecule has 2 aromatic carbocycles. The Bertz CT molecular complexity index is 670. The predicted octanol–water partition coefficient (Wildman–Crippen LogP) is 4.16. The Hall–Kier alpha value is -1.55. The summed E-state index contributed by atoms with van der Waals surface area (Å²) in [6, 6.07) is 15.6. The van der Waals surface area contributed by atoms with Gasteiger partial charge in [-0.05, 0) is 55.1 Å². The average Bonchev–Trinajstić information content (AvgIpc) is 2.62. The Morgan fingerprint density at radius 1 is 1.17 bits per heavy atom. The third-order valence-corrected chi connectivity index (χ3v) is 4.60. The van der Waals surface area contributed by atoms with Gasteiger partial charge in [-0.3, -0.25) is 4.79 Å². The number of carbonyl (C=O) groups is 1. The zero-order valence-electron chi connectivity index (χ0n) is 13.4. The van der Waals surface area contributed by atoms with Crippen molar-refractivity contribution < 1.29 is 4.79 Å². The molecule has 1 amide bonds. The standard InChI is InChI=1S/C19H21ClN2O.ClH/c20-18-9-8-16(15-6-2-1-3-7-15)11-17(18)19(23)22-13-14-5-4-10-21-12-14;/h1-3,6-9,11,14,21H,4-5,10,12-13H2,(H,22,23);1H. The van der Waals surface area contributed by atoms with Crippen molar-refractivity contribution in [3.63, 3.8) is 0 Å². The van der Waals surface area contributed by atoms with Crippen molar-refractivity contribution in [3.8, 4) is 11.1 Å². The highest BCUT2D eigenvalue weighted by Gasteiger charge is 2.16. The van der Waals surface area contributed by atoms with Gasteiger partial charge in [0, 0.05) is 6.54 Å². The van der Waals surface area contributed by atoms with Crippen LogP contribution in [0.3, 0.4) is 0 Å². The van der Waals surface area contributed by atoms with Crippen molar-refractivity contribution in [2.75, 3.05) is 19.6 Å². The Morgan fingerprint density at radius 2 is 1.96 bits per heavy atom. The molecule has 1 atom stereocenters. The molecule has 2 N–H and O–H groups in total. The lowest BCUT2D eigenvalue weighted by Crippen LogP contribution is -2.38. The second-order valence-corrected chi connectivity index (χ2v) is 6.39. The second kappa shape index (κ2) is 9.07. The highest BCUT2D eigenvalue weighted by molar-refractivity contribution is 6.34. The van der Waals surface area contributed by atoms with Crippen molar-refractivity contribution in [2.45, 2.75) is 12.8 Å². The van der Waals surface area contributed by atoms with Crippen molar-refractivity contribution in [2.24, 2.45) is 5.92 Å². The van der Waals surface area contributed by atoms with E-state index in [1.54, 1.807) is 6.07 Å². The molecule has 3 nitrogen and oxygen atoms in total. The first-order valence-corrected chi connectivity index (χ1v) is 8.46. The lowest BCUT2D eigenvalue weighted by atomic mass is 9.99. The smallest absolute Gasteiger partial charge is 0.252 e. The summed E-state index contributed by atoms with van der Waals surface area (Å²) < 4.78 is 0. The Labute approximate surface area is 154 Å². The van der Waals surface area contributed by atoms with Gasteiger partial charge in [0.2, 0.25) is 0 Å². The van der Waals surface area contributed by atoms with E-state index in [-0.39, 0.29) is 18.3 Å². The maximum Gasteiger partial charge on any atom is 0.252 e. The summed E-state index contributed by atoms with van der Waals surface area (Å²) in [6.07, 6.45) is 2.33. The summed E-state index contributed by atoms with van der Waals surface area (Å²) in [5, 5.41) is 6.88. The molecule has 1 aliphatic heterocycles. The summed E-state index contributed by atoms with van der Waals surface area (Å²) in [6.45, 7) is 2.74. The van der Waals surface area contributed by atoms with Gasteiger partial charge in [0.15, 0.2) is 0 Å². The highest BCUT2D eigenvalue weighted by Crippen LogP contribution is 2.25. The molecule has 1 unspecified atom stereocenters. The van der Waals surface area contributed by atoms with Gasteiger partial charge < -0.3 is 10.6 Å². The van der Waals surface area contributed by atoms with Crippen molar-refractivity contribution in [1.29, 1.82) is 0 Å². The van der Waals surface area contributed by atoms with Crippen molar-refractivity contribution in [3.05, 3.63) is 59.1 Å². The number of rotatable bonds is 4. The number of piperidine rings is 1. The fourth-order valence-corrected chi connectivity index (χ4v) is 3.14. The molecule has 1 heterocycles. The molecule has 1 saturated heterocycles. The van der Waals surface area contributed by atoms with Gasteiger partial charge in [-0.2, -0.15) is 0 Å². The van der Waals surface area contributed by atoms with Crippen LogP contribution in [0.15, 0.2) is 48.5 Å². The van der Waals surface area contributed by atoms with Crippen LogP contribution < -0.4 is 10.6 Å². The SMILES string of the molecule is Cl.O=C(NCC1CCCNC1)c1cc(-c2ccccc2)ccc1Cl. The summed E-state index contributed by atoms with van der Waals surface area (Å²) in [4.78, 5) is 12.5. The molecule has 0 bridgehead atoms. The van der Waals surface area contributed by atoms with E-state index in [9.17, 15) is 4.79 Å². The molecule has 5 heteroatoms. The zero-order chi connectivity index (χ0) is 16.1. The number of benzene rings is 2. The van der Waals surface area contributed by atoms with Gasteiger partial charge in [0.1, 0.15) is 0 Å². The van der Waals surface area contributed by atoms with E-state index in [0.717, 1.165) is 30.6 Å². The number of halogens is 2. The number of nitrogens with one attached hydrogen (secondary N) is 2. The second-order valence-electron chi connectivity index (χ2n) is 5.98. The molecule has 3 rings (SSSR count). The summed E-state index contributed by atoms with van der Waals surface area (Å²) in [5.74, 6) is 0.405. The topological polar surface area (TPSA) is 41.1 Å². The third kappa shape index (κ3) is 4.73. The van der Waals surface area contributed by atoms with E-state index >= 15 is 0 Å². The molecule has 24 heavy (non-hydrogen) atoms. The van der Waals surface area contributed by atoms with Crippen LogP contribution in [0.1, 0.15) is 23.2 Å². The van der Waals surface area contributed by atoms with Gasteiger partial charge in [-0.15, -0.1) is 12.4 Å². The largest absolute Gasteiger partial charge is 0.352 e. The van der Waals surface area contributed by atoms with Crippen LogP contribution >= 0.6 is 24.0 Å². The van der Waals surface area contributed by atoms with Crippen LogP contribution in [-0.4, -0.2) is 25.5 Å². The Balaban J connectivity index is 0.00000208. The summed E-state index contributed by atoms with van der Waals surface area (Å²) in [5.41, 5.74) is 2.62. The first-order valence-electron chi connectivity index (χ1n) is 8.08. The molecule has 0 radical (unpaired) electrons. The maximum absolute atomic E-state index is 12.5. The molecule has 128 valence electrons. The summed E-state index contributed by atoms with van der Waals surface area (Å²) in [7, 11) is 0. The van der Waals surface area contributed by atoms with Crippen LogP contribution in [-0.2, 0) is 0 Å². The van der Waals surface area contributed by atoms with E-state index in [4.69, 9.17) is 11.6 Å². The fourth-order valence-electron chi connectivity index (χ4n) is 2.94. The van der Waals surface area contributed by atoms with Crippen LogP contribution in [0.4, 0.5) is 0 Å². The lowest BCUT2D eigenvalue weighted by Gasteiger charge is -2.23. The van der Waals surface area contributed by atoms with E-state index in [1.807, 2.05) is 42.5 Å². The number of hydrogen-bond donors (Lipinski definition) is 2. The average molecular weight is 365 g/mol. The zero-order valence-corrected chi connectivity index (χ0v) is 15.0. The van der Waals surface area contributed by atoms with Crippen LogP contribution in [0.2, 0.25) is 5.02 Å². The fraction of sp³-hybridized carbons (Fsp3) is 0.316. The van der Waals surface area contributed by atoms with Crippen molar-refractivity contribution >= 4 is 29.9 Å². The maximum atomic E-state index is 12.5. The molecule has 0 spiro atoms. The minimum absolute atomic E-state index is 0. The number of carbonyl (C=O) groups excluding carboxylic acids is 1. The number of hydrogen-bond acceptors (Lipinski definition) is 2. The van der Waals surface area contributed by atoms with E-state index in [0.29, 0.717) is 23.0 Å². The minimum Gasteiger partial charge on any atom is -0.352 e. The van der Waals surface area contributed by atoms with Gasteiger partial charge in [0.05, 0.1) is 10.6 Å². The van der Waals surface area contributed by atoms with Gasteiger partial charge >= 0.3 is 0 Å². The molecule has 1 fully saturated rings. The van der Waals surface area contributed by atoms with Crippen LogP contribution in [0.5, 0.6) is 0 Å². The highest BCUT2D eigenvalue weighted by atomic mass is 35.5. The van der Waals surface area contributed by atoms with E-state index in [1.165, 1.54) is 6.42 Å². The number of amides is 1. The van der Waals surface area contributed by atoms with Gasteiger partial charge in [-0.25, -0.2) is 0 Å². The van der Waals surface area contributed by atoms with Crippen LogP contribution in [0.25, 0.3) is 11.1 Å². The molecule has 0 aromatic heterocycles.